The van der Waals surface area contributed by atoms with Gasteiger partial charge in [0, 0.05) is 13.2 Å². The van der Waals surface area contributed by atoms with E-state index in [-0.39, 0.29) is 19.3 Å². The highest BCUT2D eigenvalue weighted by Crippen LogP contribution is 2.24. The minimum absolute atomic E-state index is 0.0254. The minimum atomic E-state index is -1.20. The molecule has 0 amide bonds. The number of aliphatic hydroxyl groups excluding tert-OH is 4. The van der Waals surface area contributed by atoms with E-state index >= 15 is 0 Å². The Hall–Kier alpha value is -1.80. The standard InChI is InChI=1S/C25H35NO5/c1-18(19-10-12-21(13-11-19)20-8-4-2-5-9-20)31-15-7-3-6-14-26-16-23(28)25(30)24(29)22(26)17-27/h2,4-5,8-13,18,22-25,27-30H,3,6-7,14-17H2,1H3/t18-,22-,23+,24-,25?/m1/s1. The molecule has 0 aromatic heterocycles. The molecule has 0 spiro atoms. The third-order valence-electron chi connectivity index (χ3n) is 6.16. The van der Waals surface area contributed by atoms with Gasteiger partial charge >= 0.3 is 0 Å². The van der Waals surface area contributed by atoms with Gasteiger partial charge in [-0.1, -0.05) is 54.6 Å². The van der Waals surface area contributed by atoms with Gasteiger partial charge in [-0.05, 0) is 49.4 Å². The van der Waals surface area contributed by atoms with Crippen molar-refractivity contribution >= 4 is 0 Å². The van der Waals surface area contributed by atoms with Gasteiger partial charge < -0.3 is 25.2 Å². The lowest BCUT2D eigenvalue weighted by Gasteiger charge is -2.43. The van der Waals surface area contributed by atoms with Crippen LogP contribution in [0, 0.1) is 0 Å². The molecule has 6 nitrogen and oxygen atoms in total. The summed E-state index contributed by atoms with van der Waals surface area (Å²) in [5, 5.41) is 39.2. The topological polar surface area (TPSA) is 93.4 Å². The molecule has 0 aliphatic carbocycles. The molecule has 2 aromatic carbocycles. The SMILES string of the molecule is C[C@@H](OCCCCCN1C[C@H](O)C(O)[C@H](O)[C@H]1CO)c1ccc(-c2ccccc2)cc1. The predicted molar refractivity (Wildman–Crippen MR) is 121 cm³/mol. The smallest absolute Gasteiger partial charge is 0.109 e. The zero-order chi connectivity index (χ0) is 22.2. The first-order chi connectivity index (χ1) is 15.0. The molecule has 3 rings (SSSR count). The van der Waals surface area contributed by atoms with Crippen LogP contribution in [0.2, 0.25) is 0 Å². The third kappa shape index (κ3) is 6.35. The van der Waals surface area contributed by atoms with Gasteiger partial charge in [0.25, 0.3) is 0 Å². The maximum absolute atomic E-state index is 10.0. The zero-order valence-electron chi connectivity index (χ0n) is 18.2. The Morgan fingerprint density at radius 2 is 1.58 bits per heavy atom. The van der Waals surface area contributed by atoms with E-state index < -0.39 is 24.4 Å². The number of aliphatic hydroxyl groups is 4. The average Bonchev–Trinajstić information content (AvgIpc) is 2.80. The number of hydrogen-bond acceptors (Lipinski definition) is 6. The van der Waals surface area contributed by atoms with Crippen LogP contribution in [-0.4, -0.2) is 76.0 Å². The number of nitrogens with zero attached hydrogens (tertiary/aromatic N) is 1. The molecular formula is C25H35NO5. The Kier molecular flexibility index (Phi) is 9.02. The molecule has 1 aliphatic rings. The van der Waals surface area contributed by atoms with Crippen molar-refractivity contribution in [2.75, 3.05) is 26.3 Å². The summed E-state index contributed by atoms with van der Waals surface area (Å²) < 4.78 is 5.99. The van der Waals surface area contributed by atoms with Crippen molar-refractivity contribution < 1.29 is 25.2 Å². The van der Waals surface area contributed by atoms with E-state index in [1.807, 2.05) is 23.1 Å². The molecule has 1 heterocycles. The molecule has 4 N–H and O–H groups in total. The number of ether oxygens (including phenoxy) is 1. The zero-order valence-corrected chi connectivity index (χ0v) is 18.2. The lowest BCUT2D eigenvalue weighted by atomic mass is 9.94. The van der Waals surface area contributed by atoms with Gasteiger partial charge in [0.05, 0.1) is 24.9 Å². The van der Waals surface area contributed by atoms with Gasteiger partial charge in [0.15, 0.2) is 0 Å². The van der Waals surface area contributed by atoms with Gasteiger partial charge in [-0.2, -0.15) is 0 Å². The van der Waals surface area contributed by atoms with Gasteiger partial charge in [-0.3, -0.25) is 4.90 Å². The van der Waals surface area contributed by atoms with Crippen LogP contribution >= 0.6 is 0 Å². The highest BCUT2D eigenvalue weighted by atomic mass is 16.5. The van der Waals surface area contributed by atoms with Crippen LogP contribution in [0.5, 0.6) is 0 Å². The molecular weight excluding hydrogens is 394 g/mol. The summed E-state index contributed by atoms with van der Waals surface area (Å²) in [5.41, 5.74) is 3.55. The van der Waals surface area contributed by atoms with Crippen LogP contribution in [0.1, 0.15) is 37.9 Å². The number of hydrogen-bond donors (Lipinski definition) is 4. The summed E-state index contributed by atoms with van der Waals surface area (Å²) in [6.07, 6.45) is -0.569. The fraction of sp³-hybridized carbons (Fsp3) is 0.520. The molecule has 1 fully saturated rings. The summed E-state index contributed by atoms with van der Waals surface area (Å²) in [7, 11) is 0. The number of unbranched alkanes of at least 4 members (excludes halogenated alkanes) is 2. The molecule has 2 aromatic rings. The summed E-state index contributed by atoms with van der Waals surface area (Å²) in [6.45, 7) is 3.40. The molecule has 0 bridgehead atoms. The second kappa shape index (κ2) is 11.7. The first kappa shape index (κ1) is 23.9. The summed E-state index contributed by atoms with van der Waals surface area (Å²) in [6, 6.07) is 18.2. The normalized spacial score (nSPS) is 25.5. The molecule has 1 unspecified atom stereocenters. The molecule has 0 radical (unpaired) electrons. The van der Waals surface area contributed by atoms with Crippen LogP contribution in [0.3, 0.4) is 0 Å². The summed E-state index contributed by atoms with van der Waals surface area (Å²) in [4.78, 5) is 1.86. The number of piperidine rings is 1. The maximum atomic E-state index is 10.0. The Morgan fingerprint density at radius 3 is 2.26 bits per heavy atom. The van der Waals surface area contributed by atoms with Gasteiger partial charge in [0.1, 0.15) is 12.2 Å². The average molecular weight is 430 g/mol. The fourth-order valence-electron chi connectivity index (χ4n) is 4.16. The van der Waals surface area contributed by atoms with E-state index in [9.17, 15) is 20.4 Å². The lowest BCUT2D eigenvalue weighted by Crippen LogP contribution is -2.62. The van der Waals surface area contributed by atoms with Crippen LogP contribution in [-0.2, 0) is 4.74 Å². The number of rotatable bonds is 10. The van der Waals surface area contributed by atoms with Crippen LogP contribution in [0.15, 0.2) is 54.6 Å². The third-order valence-corrected chi connectivity index (χ3v) is 6.16. The first-order valence-corrected chi connectivity index (χ1v) is 11.2. The van der Waals surface area contributed by atoms with Gasteiger partial charge in [0.2, 0.25) is 0 Å². The molecule has 1 saturated heterocycles. The molecule has 0 saturated carbocycles. The number of likely N-dealkylation sites (tertiary alicyclic amines) is 1. The van der Waals surface area contributed by atoms with Crippen molar-refractivity contribution in [2.24, 2.45) is 0 Å². The second-order valence-corrected chi connectivity index (χ2v) is 8.36. The van der Waals surface area contributed by atoms with Crippen molar-refractivity contribution in [3.63, 3.8) is 0 Å². The van der Waals surface area contributed by atoms with E-state index in [0.29, 0.717) is 13.2 Å². The first-order valence-electron chi connectivity index (χ1n) is 11.2. The van der Waals surface area contributed by atoms with Crippen molar-refractivity contribution in [3.8, 4) is 11.1 Å². The van der Waals surface area contributed by atoms with Gasteiger partial charge in [-0.15, -0.1) is 0 Å². The second-order valence-electron chi connectivity index (χ2n) is 8.36. The monoisotopic (exact) mass is 429 g/mol. The number of β-amino-alcohol motifs (C(OH)–C–C–N with tert-alkyl or cyclic N) is 1. The fourth-order valence-corrected chi connectivity index (χ4v) is 4.16. The van der Waals surface area contributed by atoms with Crippen LogP contribution in [0.4, 0.5) is 0 Å². The predicted octanol–water partition coefficient (Wildman–Crippen LogP) is 2.36. The Labute approximate surface area is 184 Å². The lowest BCUT2D eigenvalue weighted by molar-refractivity contribution is -0.145. The van der Waals surface area contributed by atoms with E-state index in [1.165, 1.54) is 11.1 Å². The van der Waals surface area contributed by atoms with E-state index in [2.05, 4.69) is 43.3 Å². The highest BCUT2D eigenvalue weighted by molar-refractivity contribution is 5.63. The Bertz CT molecular complexity index is 769. The van der Waals surface area contributed by atoms with Crippen molar-refractivity contribution in [1.29, 1.82) is 0 Å². The maximum Gasteiger partial charge on any atom is 0.109 e. The molecule has 31 heavy (non-hydrogen) atoms. The number of benzene rings is 2. The molecule has 5 atom stereocenters. The highest BCUT2D eigenvalue weighted by Gasteiger charge is 2.40. The van der Waals surface area contributed by atoms with E-state index in [1.54, 1.807) is 0 Å². The quantitative estimate of drug-likeness (QED) is 0.433. The summed E-state index contributed by atoms with van der Waals surface area (Å²) in [5.74, 6) is 0. The largest absolute Gasteiger partial charge is 0.395 e. The summed E-state index contributed by atoms with van der Waals surface area (Å²) >= 11 is 0. The molecule has 170 valence electrons. The molecule has 1 aliphatic heterocycles. The van der Waals surface area contributed by atoms with E-state index in [0.717, 1.165) is 24.8 Å². The van der Waals surface area contributed by atoms with Crippen LogP contribution in [0.25, 0.3) is 11.1 Å². The Morgan fingerprint density at radius 1 is 0.903 bits per heavy atom. The Balaban J connectivity index is 1.36. The molecule has 6 heteroatoms. The van der Waals surface area contributed by atoms with Crippen molar-refractivity contribution in [1.82, 2.24) is 4.90 Å². The van der Waals surface area contributed by atoms with Crippen LogP contribution < -0.4 is 0 Å². The minimum Gasteiger partial charge on any atom is -0.395 e. The van der Waals surface area contributed by atoms with Gasteiger partial charge in [-0.25, -0.2) is 0 Å². The van der Waals surface area contributed by atoms with Crippen molar-refractivity contribution in [3.05, 3.63) is 60.2 Å². The van der Waals surface area contributed by atoms with Crippen molar-refractivity contribution in [2.45, 2.75) is 56.6 Å². The van der Waals surface area contributed by atoms with E-state index in [4.69, 9.17) is 4.74 Å².